The summed E-state index contributed by atoms with van der Waals surface area (Å²) in [4.78, 5) is 12.2. The molecule has 1 aromatic carbocycles. The number of hydrogen-bond acceptors (Lipinski definition) is 2. The zero-order chi connectivity index (χ0) is 22.4. The van der Waals surface area contributed by atoms with Gasteiger partial charge < -0.3 is 5.32 Å². The van der Waals surface area contributed by atoms with Crippen LogP contribution in [0.2, 0.25) is 0 Å². The molecule has 1 amide bonds. The van der Waals surface area contributed by atoms with Crippen molar-refractivity contribution in [2.24, 2.45) is 0 Å². The summed E-state index contributed by atoms with van der Waals surface area (Å²) in [6, 6.07) is 10.3. The lowest BCUT2D eigenvalue weighted by Crippen LogP contribution is -2.44. The molecular formula is C28H50N2O. The van der Waals surface area contributed by atoms with Crippen LogP contribution in [0.15, 0.2) is 30.3 Å². The van der Waals surface area contributed by atoms with E-state index in [2.05, 4.69) is 36.6 Å². The molecule has 0 aliphatic heterocycles. The summed E-state index contributed by atoms with van der Waals surface area (Å²) in [5.41, 5.74) is 1.25. The van der Waals surface area contributed by atoms with E-state index >= 15 is 0 Å². The van der Waals surface area contributed by atoms with Crippen molar-refractivity contribution in [1.29, 1.82) is 0 Å². The standard InChI is InChI=1S/C28H50N2O/c1-3-5-6-7-8-9-10-11-12-13-14-15-16-17-21-24-28(31)30-27(4-2)29-25-26-22-19-18-20-23-26/h18-20,22-23,27,29H,3-17,21,24-25H2,1-2H3,(H,30,31). The molecule has 0 bridgehead atoms. The summed E-state index contributed by atoms with van der Waals surface area (Å²) in [5.74, 6) is 0.183. The van der Waals surface area contributed by atoms with Crippen LogP contribution in [0, 0.1) is 0 Å². The van der Waals surface area contributed by atoms with Crippen molar-refractivity contribution in [2.75, 3.05) is 0 Å². The van der Waals surface area contributed by atoms with Crippen LogP contribution in [0.1, 0.15) is 129 Å². The van der Waals surface area contributed by atoms with Crippen molar-refractivity contribution < 1.29 is 4.79 Å². The van der Waals surface area contributed by atoms with Gasteiger partial charge in [-0.25, -0.2) is 0 Å². The number of benzene rings is 1. The third-order valence-corrected chi connectivity index (χ3v) is 6.15. The fraction of sp³-hybridized carbons (Fsp3) is 0.750. The maximum absolute atomic E-state index is 12.2. The minimum absolute atomic E-state index is 0.0593. The molecule has 31 heavy (non-hydrogen) atoms. The Kier molecular flexibility index (Phi) is 18.3. The fourth-order valence-electron chi connectivity index (χ4n) is 4.06. The van der Waals surface area contributed by atoms with Crippen LogP contribution >= 0.6 is 0 Å². The highest BCUT2D eigenvalue weighted by Gasteiger charge is 2.09. The first kappa shape index (κ1) is 27.7. The zero-order valence-corrected chi connectivity index (χ0v) is 20.6. The van der Waals surface area contributed by atoms with Crippen molar-refractivity contribution in [3.8, 4) is 0 Å². The number of unbranched alkanes of at least 4 members (excludes halogenated alkanes) is 14. The second-order valence-electron chi connectivity index (χ2n) is 9.09. The van der Waals surface area contributed by atoms with Crippen LogP contribution < -0.4 is 10.6 Å². The molecule has 1 unspecified atom stereocenters. The molecule has 3 nitrogen and oxygen atoms in total. The first-order chi connectivity index (χ1) is 15.3. The number of nitrogens with one attached hydrogen (secondary N) is 2. The lowest BCUT2D eigenvalue weighted by molar-refractivity contribution is -0.122. The van der Waals surface area contributed by atoms with Crippen molar-refractivity contribution in [2.45, 2.75) is 136 Å². The van der Waals surface area contributed by atoms with Gasteiger partial charge in [-0.15, -0.1) is 0 Å². The Bertz CT molecular complexity index is 517. The lowest BCUT2D eigenvalue weighted by Gasteiger charge is -2.19. The summed E-state index contributed by atoms with van der Waals surface area (Å²) in [6.07, 6.45) is 21.9. The van der Waals surface area contributed by atoms with E-state index in [1.165, 1.54) is 95.5 Å². The van der Waals surface area contributed by atoms with E-state index in [0.717, 1.165) is 19.4 Å². The van der Waals surface area contributed by atoms with Crippen LogP contribution in [0.5, 0.6) is 0 Å². The third kappa shape index (κ3) is 16.9. The number of rotatable bonds is 21. The van der Waals surface area contributed by atoms with Gasteiger partial charge in [0.15, 0.2) is 0 Å². The van der Waals surface area contributed by atoms with Crippen LogP contribution in [-0.2, 0) is 11.3 Å². The predicted molar refractivity (Wildman–Crippen MR) is 135 cm³/mol. The van der Waals surface area contributed by atoms with E-state index in [-0.39, 0.29) is 12.1 Å². The van der Waals surface area contributed by atoms with Gasteiger partial charge in [-0.05, 0) is 18.4 Å². The molecule has 0 aliphatic carbocycles. The van der Waals surface area contributed by atoms with Crippen LogP contribution in [0.25, 0.3) is 0 Å². The second kappa shape index (κ2) is 20.5. The highest BCUT2D eigenvalue weighted by atomic mass is 16.1. The molecule has 2 N–H and O–H groups in total. The van der Waals surface area contributed by atoms with Crippen molar-refractivity contribution in [3.63, 3.8) is 0 Å². The highest BCUT2D eigenvalue weighted by Crippen LogP contribution is 2.13. The number of carbonyl (C=O) groups is 1. The topological polar surface area (TPSA) is 41.1 Å². The Morgan fingerprint density at radius 2 is 1.19 bits per heavy atom. The SMILES string of the molecule is CCCCCCCCCCCCCCCCCC(=O)NC(CC)NCc1ccccc1. The molecule has 0 spiro atoms. The van der Waals surface area contributed by atoms with Crippen LogP contribution in [-0.4, -0.2) is 12.1 Å². The Morgan fingerprint density at radius 3 is 1.68 bits per heavy atom. The van der Waals surface area contributed by atoms with Gasteiger partial charge in [0.25, 0.3) is 0 Å². The van der Waals surface area contributed by atoms with Gasteiger partial charge in [-0.1, -0.05) is 134 Å². The molecule has 0 saturated heterocycles. The van der Waals surface area contributed by atoms with Gasteiger partial charge in [-0.3, -0.25) is 10.1 Å². The summed E-state index contributed by atoms with van der Waals surface area (Å²) in [7, 11) is 0. The molecule has 3 heteroatoms. The van der Waals surface area contributed by atoms with E-state index in [4.69, 9.17) is 0 Å². The molecular weight excluding hydrogens is 380 g/mol. The van der Waals surface area contributed by atoms with Crippen LogP contribution in [0.3, 0.4) is 0 Å². The average Bonchev–Trinajstić information content (AvgIpc) is 2.79. The molecule has 0 aromatic heterocycles. The van der Waals surface area contributed by atoms with Crippen molar-refractivity contribution >= 4 is 5.91 Å². The molecule has 0 saturated carbocycles. The van der Waals surface area contributed by atoms with E-state index < -0.39 is 0 Å². The normalized spacial score (nSPS) is 12.1. The van der Waals surface area contributed by atoms with E-state index in [9.17, 15) is 4.79 Å². The number of amides is 1. The van der Waals surface area contributed by atoms with Gasteiger partial charge in [0.1, 0.15) is 0 Å². The summed E-state index contributed by atoms with van der Waals surface area (Å²) in [6.45, 7) is 5.18. The van der Waals surface area contributed by atoms with Gasteiger partial charge in [0.2, 0.25) is 5.91 Å². The molecule has 178 valence electrons. The van der Waals surface area contributed by atoms with Crippen molar-refractivity contribution in [1.82, 2.24) is 10.6 Å². The summed E-state index contributed by atoms with van der Waals surface area (Å²) in [5, 5.41) is 6.58. The first-order valence-corrected chi connectivity index (χ1v) is 13.3. The van der Waals surface area contributed by atoms with Gasteiger partial charge >= 0.3 is 0 Å². The minimum atomic E-state index is 0.0593. The third-order valence-electron chi connectivity index (χ3n) is 6.15. The highest BCUT2D eigenvalue weighted by molar-refractivity contribution is 5.76. The smallest absolute Gasteiger partial charge is 0.221 e. The molecule has 1 aromatic rings. The molecule has 0 fully saturated rings. The molecule has 1 rings (SSSR count). The summed E-state index contributed by atoms with van der Waals surface area (Å²) < 4.78 is 0. The maximum atomic E-state index is 12.2. The van der Waals surface area contributed by atoms with Gasteiger partial charge in [0, 0.05) is 13.0 Å². The average molecular weight is 431 g/mol. The minimum Gasteiger partial charge on any atom is -0.341 e. The second-order valence-corrected chi connectivity index (χ2v) is 9.09. The maximum Gasteiger partial charge on any atom is 0.221 e. The van der Waals surface area contributed by atoms with E-state index in [0.29, 0.717) is 6.42 Å². The largest absolute Gasteiger partial charge is 0.341 e. The molecule has 0 aliphatic rings. The molecule has 0 radical (unpaired) electrons. The van der Waals surface area contributed by atoms with Gasteiger partial charge in [0.05, 0.1) is 6.17 Å². The van der Waals surface area contributed by atoms with Gasteiger partial charge in [-0.2, -0.15) is 0 Å². The number of hydrogen-bond donors (Lipinski definition) is 2. The molecule has 0 heterocycles. The predicted octanol–water partition coefficient (Wildman–Crippen LogP) is 7.89. The first-order valence-electron chi connectivity index (χ1n) is 13.3. The van der Waals surface area contributed by atoms with Crippen LogP contribution in [0.4, 0.5) is 0 Å². The van der Waals surface area contributed by atoms with E-state index in [1.807, 2.05) is 18.2 Å². The lowest BCUT2D eigenvalue weighted by atomic mass is 10.0. The van der Waals surface area contributed by atoms with Crippen molar-refractivity contribution in [3.05, 3.63) is 35.9 Å². The Hall–Kier alpha value is -1.35. The Balaban J connectivity index is 1.88. The number of carbonyl (C=O) groups excluding carboxylic acids is 1. The fourth-order valence-corrected chi connectivity index (χ4v) is 4.06. The zero-order valence-electron chi connectivity index (χ0n) is 20.6. The Morgan fingerprint density at radius 1 is 0.710 bits per heavy atom. The summed E-state index contributed by atoms with van der Waals surface area (Å²) >= 11 is 0. The van der Waals surface area contributed by atoms with E-state index in [1.54, 1.807) is 0 Å². The quantitative estimate of drug-likeness (QED) is 0.154. The monoisotopic (exact) mass is 430 g/mol. The Labute approximate surface area is 193 Å². The molecule has 1 atom stereocenters.